The van der Waals surface area contributed by atoms with Gasteiger partial charge in [-0.05, 0) is 0 Å². The number of halogens is 1. The van der Waals surface area contributed by atoms with Crippen LogP contribution in [0.2, 0.25) is 0 Å². The summed E-state index contributed by atoms with van der Waals surface area (Å²) >= 11 is 3.11. The van der Waals surface area contributed by atoms with Crippen LogP contribution in [0, 0.1) is 6.07 Å². The fourth-order valence-corrected chi connectivity index (χ4v) is 0.666. The molecule has 0 bridgehead atoms. The Hall–Kier alpha value is 0.604. The normalized spacial score (nSPS) is 8.11. The summed E-state index contributed by atoms with van der Waals surface area (Å²) < 4.78 is 0.681. The quantitative estimate of drug-likeness (QED) is 0.707. The van der Waals surface area contributed by atoms with Crippen LogP contribution in [0.15, 0.2) is 22.7 Å². The Morgan fingerprint density at radius 3 is 2.56 bits per heavy atom. The number of phenolic OH excluding ortho intramolecular Hbond substituents is 1. The Bertz CT molecular complexity index is 169. The molecule has 0 saturated carbocycles. The fraction of sp³-hybridized carbons (Fsp3) is 0. The van der Waals surface area contributed by atoms with Gasteiger partial charge in [0, 0.05) is 38.5 Å². The summed E-state index contributed by atoms with van der Waals surface area (Å²) in [6, 6.07) is 7.68. The molecule has 0 aromatic heterocycles. The molecular formula is C6H4BrOY-. The van der Waals surface area contributed by atoms with Gasteiger partial charge in [0.25, 0.3) is 0 Å². The van der Waals surface area contributed by atoms with Gasteiger partial charge in [0.05, 0.1) is 0 Å². The summed E-state index contributed by atoms with van der Waals surface area (Å²) in [5.41, 5.74) is 0. The summed E-state index contributed by atoms with van der Waals surface area (Å²) in [5, 5.41) is 8.85. The number of hydrogen-bond donors (Lipinski definition) is 1. The van der Waals surface area contributed by atoms with Crippen molar-refractivity contribution in [3.05, 3.63) is 28.7 Å². The molecule has 0 unspecified atom stereocenters. The Morgan fingerprint density at radius 2 is 2.22 bits per heavy atom. The molecule has 1 aromatic rings. The molecule has 0 aliphatic heterocycles. The molecule has 0 atom stereocenters. The van der Waals surface area contributed by atoms with Gasteiger partial charge in [-0.3, -0.25) is 0 Å². The molecule has 0 spiro atoms. The summed E-state index contributed by atoms with van der Waals surface area (Å²) in [6.45, 7) is 0. The molecule has 0 aliphatic rings. The smallest absolute Gasteiger partial charge is 0.0220 e. The first-order chi connectivity index (χ1) is 3.80. The van der Waals surface area contributed by atoms with Crippen molar-refractivity contribution in [1.29, 1.82) is 0 Å². The average molecular weight is 261 g/mol. The van der Waals surface area contributed by atoms with Crippen molar-refractivity contribution in [2.75, 3.05) is 0 Å². The van der Waals surface area contributed by atoms with Crippen LogP contribution in [0.3, 0.4) is 0 Å². The van der Waals surface area contributed by atoms with E-state index in [2.05, 4.69) is 22.0 Å². The zero-order chi connectivity index (χ0) is 5.98. The molecule has 0 amide bonds. The fourth-order valence-electron chi connectivity index (χ4n) is 0.402. The van der Waals surface area contributed by atoms with Crippen molar-refractivity contribution < 1.29 is 37.8 Å². The monoisotopic (exact) mass is 260 g/mol. The van der Waals surface area contributed by atoms with Gasteiger partial charge in [0.2, 0.25) is 0 Å². The number of aromatic hydroxyl groups is 1. The predicted octanol–water partition coefficient (Wildman–Crippen LogP) is 1.95. The first-order valence-electron chi connectivity index (χ1n) is 2.15. The standard InChI is InChI=1S/C6H4BrO.Y/c7-5-3-1-2-4-6(5)8;/h2-4,8H;/q-1;. The van der Waals surface area contributed by atoms with E-state index in [-0.39, 0.29) is 38.5 Å². The maximum atomic E-state index is 8.85. The van der Waals surface area contributed by atoms with Crippen LogP contribution in [0.4, 0.5) is 0 Å². The van der Waals surface area contributed by atoms with Gasteiger partial charge >= 0.3 is 0 Å². The van der Waals surface area contributed by atoms with Crippen LogP contribution in [0.25, 0.3) is 0 Å². The second kappa shape index (κ2) is 4.42. The minimum absolute atomic E-state index is 0. The Morgan fingerprint density at radius 1 is 1.56 bits per heavy atom. The first-order valence-corrected chi connectivity index (χ1v) is 2.94. The molecule has 0 heterocycles. The van der Waals surface area contributed by atoms with Crippen molar-refractivity contribution in [2.24, 2.45) is 0 Å². The van der Waals surface area contributed by atoms with Crippen LogP contribution >= 0.6 is 15.9 Å². The predicted molar refractivity (Wildman–Crippen MR) is 34.6 cm³/mol. The van der Waals surface area contributed by atoms with Crippen molar-refractivity contribution >= 4 is 15.9 Å². The van der Waals surface area contributed by atoms with Gasteiger partial charge in [-0.2, -0.15) is 18.2 Å². The summed E-state index contributed by atoms with van der Waals surface area (Å²) in [6.07, 6.45) is 0. The largest absolute Gasteiger partial charge is 0.532 e. The molecule has 0 aliphatic carbocycles. The molecule has 1 rings (SSSR count). The SMILES string of the molecule is Oc1cc[c-]cc1Br.[Y]. The van der Waals surface area contributed by atoms with E-state index in [0.29, 0.717) is 4.47 Å². The molecule has 45 valence electrons. The van der Waals surface area contributed by atoms with Crippen LogP contribution in [-0.4, -0.2) is 5.11 Å². The second-order valence-corrected chi connectivity index (χ2v) is 2.23. The van der Waals surface area contributed by atoms with E-state index < -0.39 is 0 Å². The van der Waals surface area contributed by atoms with Gasteiger partial charge in [-0.15, -0.1) is 22.0 Å². The maximum absolute atomic E-state index is 8.85. The molecule has 1 aromatic carbocycles. The molecule has 3 heteroatoms. The molecule has 1 radical (unpaired) electrons. The van der Waals surface area contributed by atoms with Crippen LogP contribution in [0.5, 0.6) is 5.75 Å². The van der Waals surface area contributed by atoms with E-state index in [1.165, 1.54) is 0 Å². The number of phenols is 1. The Balaban J connectivity index is 0.000000640. The van der Waals surface area contributed by atoms with Crippen LogP contribution in [-0.2, 0) is 32.7 Å². The van der Waals surface area contributed by atoms with Crippen molar-refractivity contribution in [3.8, 4) is 5.75 Å². The Kier molecular flexibility index (Phi) is 4.72. The van der Waals surface area contributed by atoms with Crippen molar-refractivity contribution in [2.45, 2.75) is 0 Å². The first kappa shape index (κ1) is 9.60. The van der Waals surface area contributed by atoms with E-state index in [1.807, 2.05) is 0 Å². The van der Waals surface area contributed by atoms with Crippen molar-refractivity contribution in [3.63, 3.8) is 0 Å². The van der Waals surface area contributed by atoms with Gasteiger partial charge in [0.15, 0.2) is 0 Å². The average Bonchev–Trinajstić information content (AvgIpc) is 1.77. The zero-order valence-electron chi connectivity index (χ0n) is 4.63. The van der Waals surface area contributed by atoms with Crippen LogP contribution < -0.4 is 0 Å². The second-order valence-electron chi connectivity index (χ2n) is 1.38. The third kappa shape index (κ3) is 2.79. The van der Waals surface area contributed by atoms with E-state index in [0.717, 1.165) is 0 Å². The maximum Gasteiger partial charge on any atom is 0.0220 e. The third-order valence-corrected chi connectivity index (χ3v) is 1.43. The number of rotatable bonds is 0. The van der Waals surface area contributed by atoms with Crippen molar-refractivity contribution in [1.82, 2.24) is 0 Å². The minimum Gasteiger partial charge on any atom is -0.532 e. The zero-order valence-corrected chi connectivity index (χ0v) is 9.06. The number of hydrogen-bond acceptors (Lipinski definition) is 1. The van der Waals surface area contributed by atoms with Gasteiger partial charge in [-0.25, -0.2) is 0 Å². The van der Waals surface area contributed by atoms with Crippen LogP contribution in [0.1, 0.15) is 0 Å². The van der Waals surface area contributed by atoms with E-state index in [1.54, 1.807) is 18.2 Å². The van der Waals surface area contributed by atoms with E-state index in [9.17, 15) is 0 Å². The molecule has 9 heavy (non-hydrogen) atoms. The van der Waals surface area contributed by atoms with E-state index in [4.69, 9.17) is 5.11 Å². The molecular weight excluding hydrogens is 257 g/mol. The Labute approximate surface area is 87.5 Å². The summed E-state index contributed by atoms with van der Waals surface area (Å²) in [4.78, 5) is 0. The van der Waals surface area contributed by atoms with Gasteiger partial charge < -0.3 is 5.11 Å². The van der Waals surface area contributed by atoms with Gasteiger partial charge in [0.1, 0.15) is 0 Å². The molecule has 1 N–H and O–H groups in total. The minimum atomic E-state index is 0. The molecule has 0 fully saturated rings. The topological polar surface area (TPSA) is 20.2 Å². The third-order valence-electron chi connectivity index (χ3n) is 0.792. The molecule has 0 saturated heterocycles. The summed E-state index contributed by atoms with van der Waals surface area (Å²) in [5.74, 6) is 0.253. The van der Waals surface area contributed by atoms with E-state index >= 15 is 0 Å². The van der Waals surface area contributed by atoms with Gasteiger partial charge in [-0.1, -0.05) is 4.47 Å². The summed E-state index contributed by atoms with van der Waals surface area (Å²) in [7, 11) is 0. The number of benzene rings is 1. The molecule has 1 nitrogen and oxygen atoms in total.